The summed E-state index contributed by atoms with van der Waals surface area (Å²) in [7, 11) is 0. The number of carbonyl (C=O) groups excluding carboxylic acids is 1. The maximum Gasteiger partial charge on any atom is 0.415 e. The van der Waals surface area contributed by atoms with E-state index in [2.05, 4.69) is 21.0 Å². The molecule has 0 bridgehead atoms. The number of fused-ring (bicyclic) bond motifs is 2. The zero-order valence-corrected chi connectivity index (χ0v) is 18.7. The minimum atomic E-state index is -0.981. The highest BCUT2D eigenvalue weighted by molar-refractivity contribution is 5.92. The number of rotatable bonds is 5. The number of nitrogens with zero attached hydrogens (tertiary/aromatic N) is 3. The van der Waals surface area contributed by atoms with Crippen LogP contribution in [0.1, 0.15) is 30.9 Å². The van der Waals surface area contributed by atoms with Crippen LogP contribution in [0.15, 0.2) is 73.4 Å². The van der Waals surface area contributed by atoms with E-state index in [1.165, 1.54) is 4.57 Å². The summed E-state index contributed by atoms with van der Waals surface area (Å²) in [4.78, 5) is 33.1. The van der Waals surface area contributed by atoms with Gasteiger partial charge >= 0.3 is 6.09 Å². The fourth-order valence-electron chi connectivity index (χ4n) is 3.91. The molecule has 8 heteroatoms. The molecule has 0 fully saturated rings. The first-order chi connectivity index (χ1) is 16.5. The number of carbonyl (C=O) groups is 2. The molecule has 1 amide bonds. The predicted molar refractivity (Wildman–Crippen MR) is 132 cm³/mol. The van der Waals surface area contributed by atoms with Gasteiger partial charge in [0.15, 0.2) is 0 Å². The van der Waals surface area contributed by atoms with Crippen molar-refractivity contribution in [3.8, 4) is 11.1 Å². The van der Waals surface area contributed by atoms with Gasteiger partial charge in [0.2, 0.25) is 5.91 Å². The lowest BCUT2D eigenvalue weighted by atomic mass is 10.0. The molecule has 4 heterocycles. The molecule has 0 aliphatic carbocycles. The van der Waals surface area contributed by atoms with E-state index >= 15 is 0 Å². The topological polar surface area (TPSA) is 127 Å². The number of amides is 1. The van der Waals surface area contributed by atoms with Crippen LogP contribution in [0.2, 0.25) is 0 Å². The molecule has 0 unspecified atom stereocenters. The maximum atomic E-state index is 11.4. The first-order valence-corrected chi connectivity index (χ1v) is 10.9. The molecular weight excluding hydrogens is 430 g/mol. The molecule has 0 aliphatic rings. The van der Waals surface area contributed by atoms with Gasteiger partial charge in [0.05, 0.1) is 5.52 Å². The van der Waals surface area contributed by atoms with E-state index < -0.39 is 6.09 Å². The van der Waals surface area contributed by atoms with Crippen molar-refractivity contribution in [1.82, 2.24) is 19.5 Å². The molecule has 0 atom stereocenters. The molecule has 172 valence electrons. The summed E-state index contributed by atoms with van der Waals surface area (Å²) in [6.45, 7) is 1.92. The summed E-state index contributed by atoms with van der Waals surface area (Å²) in [5.41, 5.74) is 10.6. The first-order valence-electron chi connectivity index (χ1n) is 10.9. The zero-order valence-electron chi connectivity index (χ0n) is 18.7. The van der Waals surface area contributed by atoms with Gasteiger partial charge in [-0.3, -0.25) is 14.3 Å². The van der Waals surface area contributed by atoms with E-state index in [0.29, 0.717) is 18.4 Å². The number of pyridine rings is 2. The molecule has 1 aromatic carbocycles. The van der Waals surface area contributed by atoms with Crippen LogP contribution in [0, 0.1) is 0 Å². The van der Waals surface area contributed by atoms with Gasteiger partial charge in [0.1, 0.15) is 5.65 Å². The molecule has 4 aromatic heterocycles. The summed E-state index contributed by atoms with van der Waals surface area (Å²) in [6.07, 6.45) is 10.0. The second-order valence-corrected chi connectivity index (χ2v) is 7.88. The summed E-state index contributed by atoms with van der Waals surface area (Å²) in [5.74, 6) is -0.211. The van der Waals surface area contributed by atoms with Crippen molar-refractivity contribution in [1.29, 1.82) is 0 Å². The third-order valence-electron chi connectivity index (χ3n) is 5.54. The highest BCUT2D eigenvalue weighted by Gasteiger charge is 2.13. The predicted octanol–water partition coefficient (Wildman–Crippen LogP) is 4.97. The van der Waals surface area contributed by atoms with Crippen molar-refractivity contribution in [3.05, 3.63) is 84.6 Å². The number of hydrogen-bond acceptors (Lipinski definition) is 4. The van der Waals surface area contributed by atoms with E-state index in [0.717, 1.165) is 45.1 Å². The van der Waals surface area contributed by atoms with Crippen molar-refractivity contribution in [2.45, 2.75) is 26.2 Å². The maximum absolute atomic E-state index is 11.4. The summed E-state index contributed by atoms with van der Waals surface area (Å²) in [5, 5.41) is 11.3. The van der Waals surface area contributed by atoms with Gasteiger partial charge in [-0.05, 0) is 53.4 Å². The summed E-state index contributed by atoms with van der Waals surface area (Å²) in [6, 6.07) is 13.7. The van der Waals surface area contributed by atoms with E-state index in [-0.39, 0.29) is 5.91 Å². The standard InChI is InChI=1S/C22H16N4O2.C4H9NO/c27-22(28)26-9-6-18-15(2-1-3-20(18)26)10-17-13-25-21-19(17)11-16(12-24-21)14-4-7-23-8-5-14;1-2-3-4(5)6/h1-9,11-13H,10H2,(H,24,25)(H,27,28);2-3H2,1H3,(H2,5,6). The number of nitrogens with one attached hydrogen (secondary N) is 1. The van der Waals surface area contributed by atoms with E-state index in [1.54, 1.807) is 18.6 Å². The second kappa shape index (κ2) is 9.99. The van der Waals surface area contributed by atoms with Crippen molar-refractivity contribution in [2.75, 3.05) is 0 Å². The Morgan fingerprint density at radius 1 is 1.06 bits per heavy atom. The largest absolute Gasteiger partial charge is 0.464 e. The van der Waals surface area contributed by atoms with Gasteiger partial charge < -0.3 is 15.8 Å². The minimum Gasteiger partial charge on any atom is -0.464 e. The third-order valence-corrected chi connectivity index (χ3v) is 5.54. The van der Waals surface area contributed by atoms with Crippen LogP contribution in [0.3, 0.4) is 0 Å². The lowest BCUT2D eigenvalue weighted by Crippen LogP contribution is -2.08. The van der Waals surface area contributed by atoms with Crippen LogP contribution in [-0.2, 0) is 11.2 Å². The number of primary amides is 1. The van der Waals surface area contributed by atoms with Gasteiger partial charge in [-0.25, -0.2) is 9.78 Å². The Balaban J connectivity index is 0.000000408. The Bertz CT molecular complexity index is 1450. The van der Waals surface area contributed by atoms with Gasteiger partial charge in [-0.1, -0.05) is 19.1 Å². The molecule has 8 nitrogen and oxygen atoms in total. The molecule has 0 aliphatic heterocycles. The average Bonchev–Trinajstić information content (AvgIpc) is 3.45. The number of benzene rings is 1. The van der Waals surface area contributed by atoms with E-state index in [9.17, 15) is 14.7 Å². The molecule has 0 saturated heterocycles. The van der Waals surface area contributed by atoms with Crippen LogP contribution in [-0.4, -0.2) is 36.6 Å². The SMILES string of the molecule is CCCC(N)=O.O=C(O)n1ccc2c(Cc3c[nH]c4ncc(-c5ccncc5)cc34)cccc21. The normalized spacial score (nSPS) is 10.7. The minimum absolute atomic E-state index is 0.211. The lowest BCUT2D eigenvalue weighted by molar-refractivity contribution is -0.118. The highest BCUT2D eigenvalue weighted by Crippen LogP contribution is 2.28. The molecule has 0 spiro atoms. The summed E-state index contributed by atoms with van der Waals surface area (Å²) >= 11 is 0. The number of aromatic nitrogens is 4. The van der Waals surface area contributed by atoms with Crippen LogP contribution >= 0.6 is 0 Å². The second-order valence-electron chi connectivity index (χ2n) is 7.88. The Labute approximate surface area is 196 Å². The van der Waals surface area contributed by atoms with Crippen molar-refractivity contribution in [2.24, 2.45) is 5.73 Å². The Kier molecular flexibility index (Phi) is 6.68. The number of carboxylic acid groups (broad SMARTS) is 1. The molecule has 34 heavy (non-hydrogen) atoms. The van der Waals surface area contributed by atoms with Gasteiger partial charge in [0, 0.05) is 60.2 Å². The lowest BCUT2D eigenvalue weighted by Gasteiger charge is -2.05. The van der Waals surface area contributed by atoms with Crippen LogP contribution < -0.4 is 5.73 Å². The fraction of sp³-hybridized carbons (Fsp3) is 0.154. The molecule has 5 rings (SSSR count). The molecule has 5 aromatic rings. The van der Waals surface area contributed by atoms with Gasteiger partial charge in [0.25, 0.3) is 0 Å². The number of hydrogen-bond donors (Lipinski definition) is 3. The van der Waals surface area contributed by atoms with Crippen LogP contribution in [0.4, 0.5) is 4.79 Å². The van der Waals surface area contributed by atoms with Crippen molar-refractivity contribution >= 4 is 33.9 Å². The van der Waals surface area contributed by atoms with E-state index in [4.69, 9.17) is 5.73 Å². The Morgan fingerprint density at radius 3 is 2.53 bits per heavy atom. The van der Waals surface area contributed by atoms with Crippen molar-refractivity contribution < 1.29 is 14.7 Å². The monoisotopic (exact) mass is 455 g/mol. The number of aromatic amines is 1. The number of nitrogens with two attached hydrogens (primary N) is 1. The average molecular weight is 456 g/mol. The number of H-pyrrole nitrogens is 1. The van der Waals surface area contributed by atoms with Crippen molar-refractivity contribution in [3.63, 3.8) is 0 Å². The fourth-order valence-corrected chi connectivity index (χ4v) is 3.91. The highest BCUT2D eigenvalue weighted by atomic mass is 16.4. The summed E-state index contributed by atoms with van der Waals surface area (Å²) < 4.78 is 1.25. The molecule has 0 radical (unpaired) electrons. The first kappa shape index (κ1) is 22.7. The van der Waals surface area contributed by atoms with E-state index in [1.807, 2.05) is 55.7 Å². The Morgan fingerprint density at radius 2 is 1.85 bits per heavy atom. The quantitative estimate of drug-likeness (QED) is 0.345. The Hall–Kier alpha value is -4.46. The zero-order chi connectivity index (χ0) is 24.1. The molecule has 0 saturated carbocycles. The molecular formula is C26H25N5O3. The van der Waals surface area contributed by atoms with Crippen LogP contribution in [0.5, 0.6) is 0 Å². The van der Waals surface area contributed by atoms with Crippen LogP contribution in [0.25, 0.3) is 33.1 Å². The molecule has 4 N–H and O–H groups in total. The smallest absolute Gasteiger partial charge is 0.415 e. The van der Waals surface area contributed by atoms with Gasteiger partial charge in [-0.15, -0.1) is 0 Å². The third kappa shape index (κ3) is 4.80. The van der Waals surface area contributed by atoms with Gasteiger partial charge in [-0.2, -0.15) is 0 Å².